The lowest BCUT2D eigenvalue weighted by molar-refractivity contribution is 0.352. The van der Waals surface area contributed by atoms with E-state index in [9.17, 15) is 0 Å². The molecular weight excluding hydrogens is 228 g/mol. The lowest BCUT2D eigenvalue weighted by atomic mass is 10.2. The number of pyridine rings is 1. The van der Waals surface area contributed by atoms with Gasteiger partial charge in [0.05, 0.1) is 14.2 Å². The van der Waals surface area contributed by atoms with Crippen LogP contribution in [0.4, 0.5) is 5.82 Å². The summed E-state index contributed by atoms with van der Waals surface area (Å²) in [5, 5.41) is 3.24. The Labute approximate surface area is 107 Å². The summed E-state index contributed by atoms with van der Waals surface area (Å²) in [7, 11) is 3.27. The van der Waals surface area contributed by atoms with Crippen LogP contribution in [0.25, 0.3) is 0 Å². The van der Waals surface area contributed by atoms with Gasteiger partial charge in [-0.05, 0) is 18.2 Å². The smallest absolute Gasteiger partial charge is 0.165 e. The maximum atomic E-state index is 5.37. The van der Waals surface area contributed by atoms with Gasteiger partial charge in [-0.1, -0.05) is 18.2 Å². The number of hydrogen-bond acceptors (Lipinski definition) is 4. The SMILES string of the molecule is COc1cccc(CNc2ccccn2)c1OC. The van der Waals surface area contributed by atoms with Crippen molar-refractivity contribution in [3.8, 4) is 11.5 Å². The van der Waals surface area contributed by atoms with Crippen molar-refractivity contribution >= 4 is 5.82 Å². The van der Waals surface area contributed by atoms with Crippen molar-refractivity contribution in [3.05, 3.63) is 48.2 Å². The van der Waals surface area contributed by atoms with Gasteiger partial charge in [-0.25, -0.2) is 4.98 Å². The Morgan fingerprint density at radius 1 is 1.06 bits per heavy atom. The lowest BCUT2D eigenvalue weighted by Gasteiger charge is -2.13. The van der Waals surface area contributed by atoms with Crippen LogP contribution in [0.15, 0.2) is 42.6 Å². The van der Waals surface area contributed by atoms with Gasteiger partial charge in [0.2, 0.25) is 0 Å². The Kier molecular flexibility index (Phi) is 4.02. The highest BCUT2D eigenvalue weighted by Gasteiger charge is 2.08. The van der Waals surface area contributed by atoms with E-state index in [0.717, 1.165) is 22.9 Å². The van der Waals surface area contributed by atoms with Crippen LogP contribution in [0.5, 0.6) is 11.5 Å². The third-order valence-corrected chi connectivity index (χ3v) is 2.61. The van der Waals surface area contributed by atoms with Crippen molar-refractivity contribution in [1.29, 1.82) is 0 Å². The molecule has 4 heteroatoms. The topological polar surface area (TPSA) is 43.4 Å². The van der Waals surface area contributed by atoms with Crippen molar-refractivity contribution < 1.29 is 9.47 Å². The van der Waals surface area contributed by atoms with Gasteiger partial charge in [0.25, 0.3) is 0 Å². The van der Waals surface area contributed by atoms with Crippen LogP contribution in [0.1, 0.15) is 5.56 Å². The second-order valence-electron chi connectivity index (χ2n) is 3.72. The highest BCUT2D eigenvalue weighted by Crippen LogP contribution is 2.30. The summed E-state index contributed by atoms with van der Waals surface area (Å²) >= 11 is 0. The molecule has 18 heavy (non-hydrogen) atoms. The fourth-order valence-electron chi connectivity index (χ4n) is 1.75. The molecule has 0 aliphatic rings. The molecule has 0 aliphatic heterocycles. The summed E-state index contributed by atoms with van der Waals surface area (Å²) in [5.41, 5.74) is 1.03. The van der Waals surface area contributed by atoms with Crippen molar-refractivity contribution in [2.45, 2.75) is 6.54 Å². The van der Waals surface area contributed by atoms with Crippen molar-refractivity contribution in [3.63, 3.8) is 0 Å². The first kappa shape index (κ1) is 12.2. The molecule has 1 N–H and O–H groups in total. The molecule has 1 aromatic heterocycles. The van der Waals surface area contributed by atoms with E-state index in [4.69, 9.17) is 9.47 Å². The number of ether oxygens (including phenoxy) is 2. The molecular formula is C14H16N2O2. The van der Waals surface area contributed by atoms with Crippen LogP contribution in [-0.4, -0.2) is 19.2 Å². The van der Waals surface area contributed by atoms with E-state index in [0.29, 0.717) is 6.54 Å². The summed E-state index contributed by atoms with van der Waals surface area (Å²) in [6, 6.07) is 11.6. The monoisotopic (exact) mass is 244 g/mol. The maximum absolute atomic E-state index is 5.37. The summed E-state index contributed by atoms with van der Waals surface area (Å²) in [4.78, 5) is 4.21. The molecule has 0 saturated carbocycles. The second kappa shape index (κ2) is 5.91. The molecule has 2 aromatic rings. The first-order valence-electron chi connectivity index (χ1n) is 5.70. The van der Waals surface area contributed by atoms with Gasteiger partial charge in [0, 0.05) is 18.3 Å². The first-order valence-corrected chi connectivity index (χ1v) is 5.70. The number of nitrogens with one attached hydrogen (secondary N) is 1. The molecule has 0 spiro atoms. The van der Waals surface area contributed by atoms with Crippen molar-refractivity contribution in [2.24, 2.45) is 0 Å². The van der Waals surface area contributed by atoms with E-state index < -0.39 is 0 Å². The summed E-state index contributed by atoms with van der Waals surface area (Å²) in [6.07, 6.45) is 1.76. The number of anilines is 1. The minimum Gasteiger partial charge on any atom is -0.493 e. The van der Waals surface area contributed by atoms with Crippen LogP contribution >= 0.6 is 0 Å². The van der Waals surface area contributed by atoms with E-state index in [-0.39, 0.29) is 0 Å². The summed E-state index contributed by atoms with van der Waals surface area (Å²) < 4.78 is 10.6. The van der Waals surface area contributed by atoms with Gasteiger partial charge in [-0.15, -0.1) is 0 Å². The van der Waals surface area contributed by atoms with Gasteiger partial charge in [0.15, 0.2) is 11.5 Å². The minimum atomic E-state index is 0.636. The molecule has 0 radical (unpaired) electrons. The predicted octanol–water partition coefficient (Wildman–Crippen LogP) is 2.71. The Bertz CT molecular complexity index is 500. The third-order valence-electron chi connectivity index (χ3n) is 2.61. The quantitative estimate of drug-likeness (QED) is 0.878. The summed E-state index contributed by atoms with van der Waals surface area (Å²) in [6.45, 7) is 0.636. The van der Waals surface area contributed by atoms with Gasteiger partial charge in [-0.2, -0.15) is 0 Å². The standard InChI is InChI=1S/C14H16N2O2/c1-17-12-7-5-6-11(14(12)18-2)10-16-13-8-3-4-9-15-13/h3-9H,10H2,1-2H3,(H,15,16). The zero-order chi connectivity index (χ0) is 12.8. The van der Waals surface area contributed by atoms with Gasteiger partial charge in [0.1, 0.15) is 5.82 Å². The lowest BCUT2D eigenvalue weighted by Crippen LogP contribution is -2.03. The molecule has 0 atom stereocenters. The van der Waals surface area contributed by atoms with Crippen LogP contribution in [0, 0.1) is 0 Å². The Morgan fingerprint density at radius 2 is 1.94 bits per heavy atom. The predicted molar refractivity (Wildman–Crippen MR) is 71.1 cm³/mol. The molecule has 94 valence electrons. The van der Waals surface area contributed by atoms with Crippen LogP contribution in [0.2, 0.25) is 0 Å². The molecule has 0 saturated heterocycles. The van der Waals surface area contributed by atoms with E-state index in [1.54, 1.807) is 20.4 Å². The number of rotatable bonds is 5. The second-order valence-corrected chi connectivity index (χ2v) is 3.72. The fraction of sp³-hybridized carbons (Fsp3) is 0.214. The number of benzene rings is 1. The van der Waals surface area contributed by atoms with Gasteiger partial charge < -0.3 is 14.8 Å². The zero-order valence-corrected chi connectivity index (χ0v) is 10.5. The van der Waals surface area contributed by atoms with E-state index >= 15 is 0 Å². The highest BCUT2D eigenvalue weighted by atomic mass is 16.5. The van der Waals surface area contributed by atoms with Crippen LogP contribution in [0.3, 0.4) is 0 Å². The molecule has 4 nitrogen and oxygen atoms in total. The Morgan fingerprint density at radius 3 is 2.61 bits per heavy atom. The summed E-state index contributed by atoms with van der Waals surface area (Å²) in [5.74, 6) is 2.32. The van der Waals surface area contributed by atoms with E-state index in [1.807, 2.05) is 36.4 Å². The minimum absolute atomic E-state index is 0.636. The Hall–Kier alpha value is -2.23. The maximum Gasteiger partial charge on any atom is 0.165 e. The molecule has 1 aromatic carbocycles. The molecule has 1 heterocycles. The third kappa shape index (κ3) is 2.71. The van der Waals surface area contributed by atoms with Crippen LogP contribution in [-0.2, 0) is 6.54 Å². The average Bonchev–Trinajstić information content (AvgIpc) is 2.45. The number of aromatic nitrogens is 1. The molecule has 0 bridgehead atoms. The average molecular weight is 244 g/mol. The van der Waals surface area contributed by atoms with Crippen molar-refractivity contribution in [2.75, 3.05) is 19.5 Å². The molecule has 0 fully saturated rings. The highest BCUT2D eigenvalue weighted by molar-refractivity contribution is 5.48. The van der Waals surface area contributed by atoms with Gasteiger partial charge >= 0.3 is 0 Å². The molecule has 0 aliphatic carbocycles. The van der Waals surface area contributed by atoms with E-state index in [2.05, 4.69) is 10.3 Å². The first-order chi connectivity index (χ1) is 8.85. The van der Waals surface area contributed by atoms with E-state index in [1.165, 1.54) is 0 Å². The fourth-order valence-corrected chi connectivity index (χ4v) is 1.75. The normalized spacial score (nSPS) is 9.89. The number of para-hydroxylation sites is 1. The molecule has 0 amide bonds. The zero-order valence-electron chi connectivity index (χ0n) is 10.5. The van der Waals surface area contributed by atoms with Crippen LogP contribution < -0.4 is 14.8 Å². The molecule has 0 unspecified atom stereocenters. The largest absolute Gasteiger partial charge is 0.493 e. The number of hydrogen-bond donors (Lipinski definition) is 1. The number of nitrogens with zero attached hydrogens (tertiary/aromatic N) is 1. The van der Waals surface area contributed by atoms with Gasteiger partial charge in [-0.3, -0.25) is 0 Å². The van der Waals surface area contributed by atoms with Crippen molar-refractivity contribution in [1.82, 2.24) is 4.98 Å². The Balaban J connectivity index is 2.14. The number of methoxy groups -OCH3 is 2. The molecule has 2 rings (SSSR count).